The van der Waals surface area contributed by atoms with Crippen LogP contribution in [0.1, 0.15) is 13.8 Å². The van der Waals surface area contributed by atoms with Gasteiger partial charge in [-0.3, -0.25) is 4.72 Å². The average Bonchev–Trinajstić information content (AvgIpc) is 2.05. The van der Waals surface area contributed by atoms with Gasteiger partial charge in [0.25, 0.3) is 0 Å². The molecule has 0 aliphatic carbocycles. The van der Waals surface area contributed by atoms with Crippen LogP contribution < -0.4 is 4.72 Å². The highest BCUT2D eigenvalue weighted by molar-refractivity contribution is 7.93. The van der Waals surface area contributed by atoms with Crippen molar-refractivity contribution in [1.82, 2.24) is 9.97 Å². The molecule has 0 spiro atoms. The van der Waals surface area contributed by atoms with E-state index in [2.05, 4.69) is 14.7 Å². The lowest BCUT2D eigenvalue weighted by molar-refractivity contribution is 0.592. The Morgan fingerprint density at radius 1 is 1.31 bits per heavy atom. The molecule has 0 atom stereocenters. The minimum absolute atomic E-state index is 0.108. The third-order valence-corrected chi connectivity index (χ3v) is 3.13. The summed E-state index contributed by atoms with van der Waals surface area (Å²) in [4.78, 5) is 7.49. The lowest BCUT2D eigenvalue weighted by Crippen LogP contribution is -2.23. The summed E-state index contributed by atoms with van der Waals surface area (Å²) in [5.74, 6) is 0.108. The summed E-state index contributed by atoms with van der Waals surface area (Å²) < 4.78 is 24.9. The average molecular weight is 201 g/mol. The van der Waals surface area contributed by atoms with E-state index >= 15 is 0 Å². The summed E-state index contributed by atoms with van der Waals surface area (Å²) >= 11 is 0. The summed E-state index contributed by atoms with van der Waals surface area (Å²) in [6.07, 6.45) is 2.95. The van der Waals surface area contributed by atoms with Gasteiger partial charge in [-0.2, -0.15) is 0 Å². The number of nitrogens with zero attached hydrogens (tertiary/aromatic N) is 2. The molecule has 1 heterocycles. The van der Waals surface area contributed by atoms with Gasteiger partial charge in [0, 0.05) is 12.4 Å². The maximum atomic E-state index is 11.3. The van der Waals surface area contributed by atoms with Gasteiger partial charge in [-0.15, -0.1) is 0 Å². The first kappa shape index (κ1) is 9.91. The summed E-state index contributed by atoms with van der Waals surface area (Å²) in [5, 5.41) is -0.490. The van der Waals surface area contributed by atoms with Gasteiger partial charge in [-0.25, -0.2) is 18.4 Å². The topological polar surface area (TPSA) is 72.0 Å². The van der Waals surface area contributed by atoms with Crippen LogP contribution in [0.3, 0.4) is 0 Å². The zero-order valence-electron chi connectivity index (χ0n) is 7.43. The Hall–Kier alpha value is -1.17. The minimum Gasteiger partial charge on any atom is -0.251 e. The zero-order chi connectivity index (χ0) is 9.90. The van der Waals surface area contributed by atoms with E-state index in [9.17, 15) is 8.42 Å². The third-order valence-electron chi connectivity index (χ3n) is 1.42. The molecule has 0 saturated heterocycles. The molecule has 0 radical (unpaired) electrons. The minimum atomic E-state index is -3.33. The molecular formula is C7H11N3O2S. The van der Waals surface area contributed by atoms with Crippen molar-refractivity contribution in [2.45, 2.75) is 19.1 Å². The van der Waals surface area contributed by atoms with Crippen LogP contribution in [-0.2, 0) is 10.0 Å². The molecule has 0 aromatic carbocycles. The molecule has 0 saturated carbocycles. The van der Waals surface area contributed by atoms with E-state index in [0.717, 1.165) is 0 Å². The first-order chi connectivity index (χ1) is 6.02. The van der Waals surface area contributed by atoms with E-state index in [1.54, 1.807) is 19.9 Å². The van der Waals surface area contributed by atoms with Gasteiger partial charge < -0.3 is 0 Å². The van der Waals surface area contributed by atoms with E-state index in [1.807, 2.05) is 0 Å². The summed E-state index contributed by atoms with van der Waals surface area (Å²) in [6.45, 7) is 3.18. The molecule has 0 amide bonds. The summed E-state index contributed by atoms with van der Waals surface area (Å²) in [5.41, 5.74) is 0. The van der Waals surface area contributed by atoms with Crippen LogP contribution in [-0.4, -0.2) is 23.6 Å². The predicted octanol–water partition coefficient (Wildman–Crippen LogP) is 0.627. The third kappa shape index (κ3) is 2.66. The van der Waals surface area contributed by atoms with Crippen LogP contribution in [0.2, 0.25) is 0 Å². The fourth-order valence-corrected chi connectivity index (χ4v) is 1.19. The highest BCUT2D eigenvalue weighted by atomic mass is 32.2. The molecule has 1 aromatic heterocycles. The van der Waals surface area contributed by atoms with Gasteiger partial charge >= 0.3 is 0 Å². The van der Waals surface area contributed by atoms with Gasteiger partial charge in [0.2, 0.25) is 16.0 Å². The summed E-state index contributed by atoms with van der Waals surface area (Å²) in [6, 6.07) is 1.62. The highest BCUT2D eigenvalue weighted by Gasteiger charge is 2.16. The Balaban J connectivity index is 2.82. The first-order valence-electron chi connectivity index (χ1n) is 3.81. The van der Waals surface area contributed by atoms with Gasteiger partial charge in [0.1, 0.15) is 0 Å². The molecule has 0 aliphatic heterocycles. The number of rotatable bonds is 3. The van der Waals surface area contributed by atoms with Crippen molar-refractivity contribution in [3.05, 3.63) is 18.5 Å². The maximum absolute atomic E-state index is 11.3. The van der Waals surface area contributed by atoms with Crippen LogP contribution in [0.25, 0.3) is 0 Å². The Morgan fingerprint density at radius 3 is 2.31 bits per heavy atom. The zero-order valence-corrected chi connectivity index (χ0v) is 8.25. The Morgan fingerprint density at radius 2 is 1.85 bits per heavy atom. The second-order valence-corrected chi connectivity index (χ2v) is 5.01. The van der Waals surface area contributed by atoms with Crippen molar-refractivity contribution in [1.29, 1.82) is 0 Å². The van der Waals surface area contributed by atoms with Crippen molar-refractivity contribution in [3.63, 3.8) is 0 Å². The van der Waals surface area contributed by atoms with Crippen LogP contribution >= 0.6 is 0 Å². The van der Waals surface area contributed by atoms with Crippen LogP contribution in [0, 0.1) is 0 Å². The monoisotopic (exact) mass is 201 g/mol. The molecule has 0 unspecified atom stereocenters. The number of anilines is 1. The number of sulfonamides is 1. The van der Waals surface area contributed by atoms with Crippen LogP contribution in [0.5, 0.6) is 0 Å². The number of aromatic nitrogens is 2. The van der Waals surface area contributed by atoms with Crippen LogP contribution in [0.15, 0.2) is 18.5 Å². The molecule has 72 valence electrons. The van der Waals surface area contributed by atoms with Gasteiger partial charge in [0.15, 0.2) is 0 Å². The number of hydrogen-bond acceptors (Lipinski definition) is 4. The van der Waals surface area contributed by atoms with E-state index in [1.165, 1.54) is 12.4 Å². The van der Waals surface area contributed by atoms with E-state index in [0.29, 0.717) is 0 Å². The second kappa shape index (κ2) is 3.69. The van der Waals surface area contributed by atoms with Crippen molar-refractivity contribution in [3.8, 4) is 0 Å². The molecule has 0 bridgehead atoms. The smallest absolute Gasteiger partial charge is 0.237 e. The fourth-order valence-electron chi connectivity index (χ4n) is 0.597. The molecule has 1 rings (SSSR count). The van der Waals surface area contributed by atoms with Crippen molar-refractivity contribution >= 4 is 16.0 Å². The SMILES string of the molecule is CC(C)S(=O)(=O)Nc1ncccn1. The number of hydrogen-bond donors (Lipinski definition) is 1. The molecule has 1 aromatic rings. The van der Waals surface area contributed by atoms with Gasteiger partial charge in [0.05, 0.1) is 5.25 Å². The van der Waals surface area contributed by atoms with Crippen molar-refractivity contribution in [2.24, 2.45) is 0 Å². The molecule has 0 fully saturated rings. The fraction of sp³-hybridized carbons (Fsp3) is 0.429. The number of nitrogens with one attached hydrogen (secondary N) is 1. The predicted molar refractivity (Wildman–Crippen MR) is 49.7 cm³/mol. The summed E-state index contributed by atoms with van der Waals surface area (Å²) in [7, 11) is -3.33. The van der Waals surface area contributed by atoms with Crippen LogP contribution in [0.4, 0.5) is 5.95 Å². The largest absolute Gasteiger partial charge is 0.251 e. The first-order valence-corrected chi connectivity index (χ1v) is 5.35. The Labute approximate surface area is 77.3 Å². The molecule has 6 heteroatoms. The van der Waals surface area contributed by atoms with E-state index < -0.39 is 15.3 Å². The molecule has 0 aliphatic rings. The Bertz CT molecular complexity index is 361. The normalized spacial score (nSPS) is 11.6. The molecule has 1 N–H and O–H groups in total. The Kier molecular flexibility index (Phi) is 2.82. The van der Waals surface area contributed by atoms with E-state index in [-0.39, 0.29) is 5.95 Å². The molecule has 13 heavy (non-hydrogen) atoms. The second-order valence-electron chi connectivity index (χ2n) is 2.77. The quantitative estimate of drug-likeness (QED) is 0.778. The maximum Gasteiger partial charge on any atom is 0.237 e. The van der Waals surface area contributed by atoms with Gasteiger partial charge in [-0.1, -0.05) is 0 Å². The highest BCUT2D eigenvalue weighted by Crippen LogP contribution is 2.04. The van der Waals surface area contributed by atoms with E-state index in [4.69, 9.17) is 0 Å². The molecule has 5 nitrogen and oxygen atoms in total. The lowest BCUT2D eigenvalue weighted by atomic mass is 10.6. The van der Waals surface area contributed by atoms with Crippen molar-refractivity contribution < 1.29 is 8.42 Å². The standard InChI is InChI=1S/C7H11N3O2S/c1-6(2)13(11,12)10-7-8-4-3-5-9-7/h3-6H,1-2H3,(H,8,9,10). The molecular weight excluding hydrogens is 190 g/mol. The van der Waals surface area contributed by atoms with Crippen molar-refractivity contribution in [2.75, 3.05) is 4.72 Å². The van der Waals surface area contributed by atoms with Gasteiger partial charge in [-0.05, 0) is 19.9 Å². The lowest BCUT2D eigenvalue weighted by Gasteiger charge is -2.07.